The summed E-state index contributed by atoms with van der Waals surface area (Å²) in [7, 11) is 0. The van der Waals surface area contributed by atoms with Crippen LogP contribution in [0.3, 0.4) is 0 Å². The molecule has 0 amide bonds. The molecule has 96 valence electrons. The average molecular weight is 245 g/mol. The molecule has 0 radical (unpaired) electrons. The normalized spacial score (nSPS) is 28.5. The highest BCUT2D eigenvalue weighted by atomic mass is 16.4. The summed E-state index contributed by atoms with van der Waals surface area (Å²) in [6, 6.07) is 9.09. The lowest BCUT2D eigenvalue weighted by Gasteiger charge is -2.23. The van der Waals surface area contributed by atoms with Gasteiger partial charge in [0.25, 0.3) is 0 Å². The van der Waals surface area contributed by atoms with Crippen molar-refractivity contribution in [3.8, 4) is 0 Å². The van der Waals surface area contributed by atoms with Crippen molar-refractivity contribution in [1.29, 1.82) is 0 Å². The second-order valence-corrected chi connectivity index (χ2v) is 5.71. The maximum Gasteiger partial charge on any atom is 0.308 e. The second kappa shape index (κ2) is 4.39. The second-order valence-electron chi connectivity index (χ2n) is 5.71. The summed E-state index contributed by atoms with van der Waals surface area (Å²) in [5.41, 5.74) is 2.88. The predicted octanol–water partition coefficient (Wildman–Crippen LogP) is 1.81. The molecule has 0 saturated carbocycles. The van der Waals surface area contributed by atoms with Crippen LogP contribution in [0.1, 0.15) is 18.1 Å². The van der Waals surface area contributed by atoms with Gasteiger partial charge in [0.2, 0.25) is 0 Å². The number of likely N-dealkylation sites (tertiary alicyclic amines) is 1. The zero-order valence-corrected chi connectivity index (χ0v) is 10.7. The Morgan fingerprint density at radius 1 is 1.22 bits per heavy atom. The third kappa shape index (κ3) is 1.93. The number of hydrogen-bond acceptors (Lipinski definition) is 2. The van der Waals surface area contributed by atoms with Crippen LogP contribution in [-0.2, 0) is 17.6 Å². The lowest BCUT2D eigenvalue weighted by atomic mass is 9.99. The summed E-state index contributed by atoms with van der Waals surface area (Å²) < 4.78 is 0. The van der Waals surface area contributed by atoms with E-state index in [1.165, 1.54) is 11.1 Å². The third-order valence-corrected chi connectivity index (χ3v) is 4.50. The number of hydrogen-bond donors (Lipinski definition) is 1. The number of fused-ring (bicyclic) bond motifs is 1. The van der Waals surface area contributed by atoms with Gasteiger partial charge in [0, 0.05) is 19.1 Å². The molecular formula is C15H19NO2. The van der Waals surface area contributed by atoms with E-state index in [9.17, 15) is 9.90 Å². The van der Waals surface area contributed by atoms with Gasteiger partial charge in [-0.1, -0.05) is 31.2 Å². The highest BCUT2D eigenvalue weighted by Gasteiger charge is 2.39. The van der Waals surface area contributed by atoms with E-state index in [1.54, 1.807) is 0 Å². The van der Waals surface area contributed by atoms with Crippen LogP contribution in [0.5, 0.6) is 0 Å². The largest absolute Gasteiger partial charge is 0.481 e. The van der Waals surface area contributed by atoms with Gasteiger partial charge in [0.05, 0.1) is 5.92 Å². The lowest BCUT2D eigenvalue weighted by Crippen LogP contribution is -2.34. The maximum atomic E-state index is 11.2. The maximum absolute atomic E-state index is 11.2. The summed E-state index contributed by atoms with van der Waals surface area (Å²) in [6.45, 7) is 3.70. The zero-order chi connectivity index (χ0) is 12.7. The number of aliphatic carboxylic acids is 1. The molecular weight excluding hydrogens is 226 g/mol. The van der Waals surface area contributed by atoms with Gasteiger partial charge in [0.15, 0.2) is 0 Å². The first-order chi connectivity index (χ1) is 8.65. The van der Waals surface area contributed by atoms with E-state index < -0.39 is 5.97 Å². The quantitative estimate of drug-likeness (QED) is 0.864. The van der Waals surface area contributed by atoms with Crippen molar-refractivity contribution < 1.29 is 9.90 Å². The number of benzene rings is 1. The van der Waals surface area contributed by atoms with E-state index in [2.05, 4.69) is 36.1 Å². The molecule has 3 rings (SSSR count). The highest BCUT2D eigenvalue weighted by molar-refractivity contribution is 5.71. The van der Waals surface area contributed by atoms with E-state index >= 15 is 0 Å². The van der Waals surface area contributed by atoms with Gasteiger partial charge in [-0.25, -0.2) is 0 Å². The van der Waals surface area contributed by atoms with E-state index in [0.29, 0.717) is 6.04 Å². The average Bonchev–Trinajstić information content (AvgIpc) is 2.91. The molecule has 2 atom stereocenters. The molecule has 0 unspecified atom stereocenters. The molecule has 1 saturated heterocycles. The first-order valence-electron chi connectivity index (χ1n) is 6.69. The Morgan fingerprint density at radius 2 is 1.83 bits per heavy atom. The Kier molecular flexibility index (Phi) is 2.86. The molecule has 1 aromatic carbocycles. The number of rotatable bonds is 2. The minimum atomic E-state index is -0.638. The summed E-state index contributed by atoms with van der Waals surface area (Å²) in [6.07, 6.45) is 2.16. The van der Waals surface area contributed by atoms with Crippen molar-refractivity contribution in [3.05, 3.63) is 35.4 Å². The zero-order valence-electron chi connectivity index (χ0n) is 10.7. The number of carboxylic acids is 1. The smallest absolute Gasteiger partial charge is 0.308 e. The van der Waals surface area contributed by atoms with E-state index in [4.69, 9.17) is 0 Å². The highest BCUT2D eigenvalue weighted by Crippen LogP contribution is 2.31. The molecule has 1 N–H and O–H groups in total. The topological polar surface area (TPSA) is 40.5 Å². The molecule has 3 heteroatoms. The van der Waals surface area contributed by atoms with Crippen LogP contribution in [0.2, 0.25) is 0 Å². The van der Waals surface area contributed by atoms with Gasteiger partial charge in [-0.2, -0.15) is 0 Å². The van der Waals surface area contributed by atoms with Crippen LogP contribution in [0.25, 0.3) is 0 Å². The van der Waals surface area contributed by atoms with E-state index in [0.717, 1.165) is 25.9 Å². The van der Waals surface area contributed by atoms with Gasteiger partial charge in [-0.15, -0.1) is 0 Å². The lowest BCUT2D eigenvalue weighted by molar-refractivity contribution is -0.142. The minimum absolute atomic E-state index is 0.186. The van der Waals surface area contributed by atoms with Crippen LogP contribution in [-0.4, -0.2) is 35.1 Å². The van der Waals surface area contributed by atoms with Crippen molar-refractivity contribution >= 4 is 5.97 Å². The summed E-state index contributed by atoms with van der Waals surface area (Å²) in [4.78, 5) is 13.5. The molecule has 0 spiro atoms. The molecule has 3 nitrogen and oxygen atoms in total. The molecule has 2 aliphatic rings. The Hall–Kier alpha value is -1.35. The SMILES string of the molecule is C[C@@H]1CN(C2Cc3ccccc3C2)C[C@H]1C(=O)O. The fraction of sp³-hybridized carbons (Fsp3) is 0.533. The standard InChI is InChI=1S/C15H19NO2/c1-10-8-16(9-14(10)15(17)18)13-6-11-4-2-3-5-12(11)7-13/h2-5,10,13-14H,6-9H2,1H3,(H,17,18)/t10-,14-/m1/s1. The van der Waals surface area contributed by atoms with E-state index in [1.807, 2.05) is 0 Å². The van der Waals surface area contributed by atoms with Crippen LogP contribution in [0, 0.1) is 11.8 Å². The number of nitrogens with zero attached hydrogens (tertiary/aromatic N) is 1. The number of carboxylic acid groups (broad SMARTS) is 1. The van der Waals surface area contributed by atoms with Crippen molar-refractivity contribution in [3.63, 3.8) is 0 Å². The molecule has 18 heavy (non-hydrogen) atoms. The van der Waals surface area contributed by atoms with Gasteiger partial charge < -0.3 is 5.11 Å². The first-order valence-corrected chi connectivity index (χ1v) is 6.69. The fourth-order valence-corrected chi connectivity index (χ4v) is 3.42. The predicted molar refractivity (Wildman–Crippen MR) is 69.5 cm³/mol. The molecule has 1 heterocycles. The van der Waals surface area contributed by atoms with Crippen molar-refractivity contribution in [2.24, 2.45) is 11.8 Å². The summed E-state index contributed by atoms with van der Waals surface area (Å²) >= 11 is 0. The first kappa shape index (κ1) is 11.7. The van der Waals surface area contributed by atoms with Crippen LogP contribution >= 0.6 is 0 Å². The van der Waals surface area contributed by atoms with Crippen LogP contribution in [0.15, 0.2) is 24.3 Å². The van der Waals surface area contributed by atoms with E-state index in [-0.39, 0.29) is 11.8 Å². The van der Waals surface area contributed by atoms with Crippen LogP contribution < -0.4 is 0 Å². The molecule has 0 bridgehead atoms. The molecule has 1 aliphatic carbocycles. The van der Waals surface area contributed by atoms with Crippen molar-refractivity contribution in [2.75, 3.05) is 13.1 Å². The summed E-state index contributed by atoms with van der Waals surface area (Å²) in [5.74, 6) is -0.555. The fourth-order valence-electron chi connectivity index (χ4n) is 3.42. The molecule has 0 aromatic heterocycles. The third-order valence-electron chi connectivity index (χ3n) is 4.50. The van der Waals surface area contributed by atoms with Gasteiger partial charge in [0.1, 0.15) is 0 Å². The summed E-state index contributed by atoms with van der Waals surface area (Å²) in [5, 5.41) is 9.19. The monoisotopic (exact) mass is 245 g/mol. The molecule has 1 aromatic rings. The van der Waals surface area contributed by atoms with Crippen LogP contribution in [0.4, 0.5) is 0 Å². The molecule has 1 aliphatic heterocycles. The van der Waals surface area contributed by atoms with Gasteiger partial charge in [-0.05, 0) is 29.9 Å². The minimum Gasteiger partial charge on any atom is -0.481 e. The Bertz CT molecular complexity index is 446. The molecule has 1 fully saturated rings. The number of carbonyl (C=O) groups is 1. The van der Waals surface area contributed by atoms with Crippen molar-refractivity contribution in [2.45, 2.75) is 25.8 Å². The van der Waals surface area contributed by atoms with Gasteiger partial charge >= 0.3 is 5.97 Å². The Balaban J connectivity index is 1.71. The van der Waals surface area contributed by atoms with Crippen molar-refractivity contribution in [1.82, 2.24) is 4.90 Å². The Morgan fingerprint density at radius 3 is 2.33 bits per heavy atom. The van der Waals surface area contributed by atoms with Gasteiger partial charge in [-0.3, -0.25) is 9.69 Å². The Labute approximate surface area is 107 Å².